The summed E-state index contributed by atoms with van der Waals surface area (Å²) in [5.74, 6) is 6.23. The maximum atomic E-state index is 13.4. The fraction of sp³-hybridized carbons (Fsp3) is 0.857. The average Bonchev–Trinajstić information content (AvgIpc) is 3.13. The van der Waals surface area contributed by atoms with Gasteiger partial charge in [-0.1, -0.05) is 0 Å². The molecule has 0 atom stereocenters. The lowest BCUT2D eigenvalue weighted by Crippen LogP contribution is -2.66. The van der Waals surface area contributed by atoms with Crippen molar-refractivity contribution in [2.24, 2.45) is 46.3 Å². The summed E-state index contributed by atoms with van der Waals surface area (Å²) in [6.07, 6.45) is 16.6. The second kappa shape index (κ2) is 6.53. The zero-order chi connectivity index (χ0) is 21.0. The van der Waals surface area contributed by atoms with Crippen molar-refractivity contribution in [1.82, 2.24) is 0 Å². The average molecular weight is 441 g/mol. The lowest BCUT2D eigenvalue weighted by atomic mass is 9.36. The summed E-state index contributed by atoms with van der Waals surface area (Å²) < 4.78 is 6.13. The first-order chi connectivity index (χ1) is 14.9. The molecule has 0 saturated heterocycles. The highest BCUT2D eigenvalue weighted by atomic mass is 32.1. The predicted molar refractivity (Wildman–Crippen MR) is 125 cm³/mol. The maximum absolute atomic E-state index is 13.4. The summed E-state index contributed by atoms with van der Waals surface area (Å²) >= 11 is 1.82. The second-order valence-corrected chi connectivity index (χ2v) is 14.3. The van der Waals surface area contributed by atoms with Crippen LogP contribution in [0.25, 0.3) is 0 Å². The van der Waals surface area contributed by atoms with Gasteiger partial charge in [-0.15, -0.1) is 11.3 Å². The van der Waals surface area contributed by atoms with Crippen molar-refractivity contribution in [3.8, 4) is 5.75 Å². The second-order valence-electron chi connectivity index (χ2n) is 13.4. The molecular weight excluding hydrogens is 400 g/mol. The van der Waals surface area contributed by atoms with Crippen molar-refractivity contribution in [3.63, 3.8) is 0 Å². The van der Waals surface area contributed by atoms with Gasteiger partial charge in [-0.25, -0.2) is 0 Å². The molecule has 1 N–H and O–H groups in total. The third-order valence-corrected chi connectivity index (χ3v) is 11.9. The Labute approximate surface area is 192 Å². The van der Waals surface area contributed by atoms with Crippen molar-refractivity contribution < 1.29 is 9.84 Å². The van der Waals surface area contributed by atoms with E-state index in [1.807, 2.05) is 11.3 Å². The molecule has 9 rings (SSSR count). The Balaban J connectivity index is 1.38. The molecule has 0 radical (unpaired) electrons. The van der Waals surface area contributed by atoms with E-state index >= 15 is 0 Å². The molecule has 2 nitrogen and oxygen atoms in total. The Bertz CT molecular complexity index is 752. The van der Waals surface area contributed by atoms with Crippen molar-refractivity contribution in [3.05, 3.63) is 16.3 Å². The van der Waals surface area contributed by atoms with Crippen LogP contribution in [0, 0.1) is 46.3 Å². The molecule has 170 valence electrons. The largest absolute Gasteiger partial charge is 0.490 e. The zero-order valence-electron chi connectivity index (χ0n) is 19.4. The molecule has 1 aromatic heterocycles. The summed E-state index contributed by atoms with van der Waals surface area (Å²) in [6.45, 7) is 4.23. The van der Waals surface area contributed by atoms with Crippen LogP contribution in [0.2, 0.25) is 0 Å². The van der Waals surface area contributed by atoms with Crippen LogP contribution in [0.4, 0.5) is 0 Å². The van der Waals surface area contributed by atoms with Gasteiger partial charge in [0.1, 0.15) is 11.4 Å². The molecule has 8 saturated carbocycles. The van der Waals surface area contributed by atoms with Gasteiger partial charge in [0.2, 0.25) is 0 Å². The van der Waals surface area contributed by atoms with E-state index in [1.165, 1.54) is 81.9 Å². The molecule has 1 aromatic rings. The molecule has 0 unspecified atom stereocenters. The summed E-state index contributed by atoms with van der Waals surface area (Å²) in [5, 5.41) is 15.6. The predicted octanol–water partition coefficient (Wildman–Crippen LogP) is 7.16. The highest BCUT2D eigenvalue weighted by Crippen LogP contribution is 2.75. The first-order valence-electron chi connectivity index (χ1n) is 13.3. The Hall–Kier alpha value is -0.540. The first kappa shape index (κ1) is 19.9. The third-order valence-electron chi connectivity index (χ3n) is 10.9. The van der Waals surface area contributed by atoms with Crippen LogP contribution >= 0.6 is 11.3 Å². The van der Waals surface area contributed by atoms with E-state index in [1.54, 1.807) is 0 Å². The van der Waals surface area contributed by atoms with Crippen LogP contribution in [0.1, 0.15) is 95.8 Å². The SMILES string of the molecule is CC(C)Oc1csc(C(O)(C23CC4CC(CC(C4)C2)C3)C23CC4CC(CC(C4)C2)C3)c1. The van der Waals surface area contributed by atoms with Crippen molar-refractivity contribution in [1.29, 1.82) is 0 Å². The summed E-state index contributed by atoms with van der Waals surface area (Å²) in [6, 6.07) is 2.28. The number of aliphatic hydroxyl groups is 1. The normalized spacial score (nSPS) is 49.0. The molecule has 8 fully saturated rings. The van der Waals surface area contributed by atoms with E-state index in [2.05, 4.69) is 25.3 Å². The van der Waals surface area contributed by atoms with E-state index in [-0.39, 0.29) is 16.9 Å². The fourth-order valence-corrected chi connectivity index (χ4v) is 12.2. The molecule has 0 spiro atoms. The quantitative estimate of drug-likeness (QED) is 0.526. The van der Waals surface area contributed by atoms with Crippen LogP contribution in [0.5, 0.6) is 5.75 Å². The molecule has 8 aliphatic rings. The summed E-state index contributed by atoms with van der Waals surface area (Å²) in [7, 11) is 0. The maximum Gasteiger partial charge on any atom is 0.130 e. The number of thiophene rings is 1. The van der Waals surface area contributed by atoms with Gasteiger partial charge < -0.3 is 9.84 Å². The van der Waals surface area contributed by atoms with Crippen LogP contribution in [0.15, 0.2) is 11.4 Å². The standard InChI is InChI=1S/C28H40O2S/c1-17(2)30-24-9-25(31-16-24)28(29,26-10-18-3-19(11-26)5-20(4-18)12-26)27-13-21-6-22(14-27)8-23(7-21)15-27/h9,16-23,29H,3-8,10-15H2,1-2H3. The third kappa shape index (κ3) is 2.71. The Kier molecular flexibility index (Phi) is 4.19. The Morgan fingerprint density at radius 3 is 1.55 bits per heavy atom. The van der Waals surface area contributed by atoms with Gasteiger partial charge in [-0.2, -0.15) is 0 Å². The van der Waals surface area contributed by atoms with Gasteiger partial charge in [-0.3, -0.25) is 0 Å². The highest BCUT2D eigenvalue weighted by Gasteiger charge is 2.70. The fourth-order valence-electron chi connectivity index (χ4n) is 11.0. The Morgan fingerprint density at radius 2 is 1.19 bits per heavy atom. The van der Waals surface area contributed by atoms with E-state index in [9.17, 15) is 5.11 Å². The molecule has 8 aliphatic carbocycles. The van der Waals surface area contributed by atoms with Crippen LogP contribution in [-0.4, -0.2) is 11.2 Å². The molecule has 0 aromatic carbocycles. The van der Waals surface area contributed by atoms with Gasteiger partial charge in [0.15, 0.2) is 0 Å². The van der Waals surface area contributed by atoms with Crippen molar-refractivity contribution in [2.45, 2.75) is 103 Å². The van der Waals surface area contributed by atoms with E-state index in [4.69, 9.17) is 4.74 Å². The lowest BCUT2D eigenvalue weighted by molar-refractivity contribution is -0.276. The smallest absolute Gasteiger partial charge is 0.130 e. The summed E-state index contributed by atoms with van der Waals surface area (Å²) in [4.78, 5) is 1.27. The van der Waals surface area contributed by atoms with Crippen LogP contribution in [0.3, 0.4) is 0 Å². The molecule has 3 heteroatoms. The molecule has 8 bridgehead atoms. The molecular formula is C28H40O2S. The zero-order valence-corrected chi connectivity index (χ0v) is 20.3. The lowest BCUT2D eigenvalue weighted by Gasteiger charge is -2.70. The highest BCUT2D eigenvalue weighted by molar-refractivity contribution is 7.10. The van der Waals surface area contributed by atoms with E-state index in [0.29, 0.717) is 0 Å². The van der Waals surface area contributed by atoms with Gasteiger partial charge in [-0.05, 0) is 132 Å². The topological polar surface area (TPSA) is 29.5 Å². The minimum Gasteiger partial charge on any atom is -0.490 e. The Morgan fingerprint density at radius 1 is 0.806 bits per heavy atom. The van der Waals surface area contributed by atoms with E-state index in [0.717, 1.165) is 41.3 Å². The summed E-state index contributed by atoms with van der Waals surface area (Å²) in [5.41, 5.74) is -0.407. The monoisotopic (exact) mass is 440 g/mol. The van der Waals surface area contributed by atoms with Crippen LogP contribution in [-0.2, 0) is 5.60 Å². The van der Waals surface area contributed by atoms with Gasteiger partial charge >= 0.3 is 0 Å². The molecule has 0 amide bonds. The molecule has 31 heavy (non-hydrogen) atoms. The minimum atomic E-state index is -0.644. The van der Waals surface area contributed by atoms with Gasteiger partial charge in [0.25, 0.3) is 0 Å². The van der Waals surface area contributed by atoms with Gasteiger partial charge in [0.05, 0.1) is 6.10 Å². The minimum absolute atomic E-state index is 0.118. The number of hydrogen-bond acceptors (Lipinski definition) is 3. The first-order valence-corrected chi connectivity index (χ1v) is 14.2. The van der Waals surface area contributed by atoms with Crippen LogP contribution < -0.4 is 4.74 Å². The van der Waals surface area contributed by atoms with Crippen molar-refractivity contribution >= 4 is 11.3 Å². The number of rotatable bonds is 5. The number of ether oxygens (including phenoxy) is 1. The van der Waals surface area contributed by atoms with E-state index < -0.39 is 5.60 Å². The molecule has 1 heterocycles. The van der Waals surface area contributed by atoms with Crippen molar-refractivity contribution in [2.75, 3.05) is 0 Å². The molecule has 0 aliphatic heterocycles. The number of hydrogen-bond donors (Lipinski definition) is 1. The van der Waals surface area contributed by atoms with Gasteiger partial charge in [0, 0.05) is 21.1 Å².